The lowest BCUT2D eigenvalue weighted by Crippen LogP contribution is -2.40. The van der Waals surface area contributed by atoms with Gasteiger partial charge in [0.1, 0.15) is 5.76 Å². The van der Waals surface area contributed by atoms with E-state index in [1.807, 2.05) is 25.1 Å². The van der Waals surface area contributed by atoms with Crippen LogP contribution < -0.4 is 5.32 Å². The predicted molar refractivity (Wildman–Crippen MR) is 125 cm³/mol. The number of aliphatic hydroxyl groups is 1. The molecule has 3 heterocycles. The average molecular weight is 472 g/mol. The number of nitrogens with one attached hydrogen (secondary N) is 1. The normalized spacial score (nSPS) is 14.8. The molecule has 1 aromatic carbocycles. The standard InChI is InChI=1S/C19H25N5O2.C4H4O4/c1-14-20-12-16(26-14)13-24-18-5-3-2-4-17(18)22-19(24)21-15-6-8-23(9-7-15)10-11-25;5-3(6)1-2-4(7)8/h2-5,12,15,25H,6-11,13H2,1H3,(H,21,22);1-2H,(H,5,6)(H,7,8). The van der Waals surface area contributed by atoms with Gasteiger partial charge in [0, 0.05) is 44.8 Å². The second-order valence-electron chi connectivity index (χ2n) is 7.85. The van der Waals surface area contributed by atoms with Crippen LogP contribution in [0.1, 0.15) is 24.5 Å². The molecule has 0 unspecified atom stereocenters. The molecule has 2 aromatic heterocycles. The van der Waals surface area contributed by atoms with Gasteiger partial charge in [0.05, 0.1) is 30.4 Å². The molecule has 0 amide bonds. The van der Waals surface area contributed by atoms with Gasteiger partial charge in [0.25, 0.3) is 0 Å². The SMILES string of the molecule is Cc1ncc(Cn2c(NC3CCN(CCO)CC3)nc3ccccc32)o1.O=C(O)C=CC(=O)O. The lowest BCUT2D eigenvalue weighted by atomic mass is 10.1. The van der Waals surface area contributed by atoms with Crippen LogP contribution in [0.25, 0.3) is 11.0 Å². The highest BCUT2D eigenvalue weighted by Gasteiger charge is 2.21. The number of imidazole rings is 1. The van der Waals surface area contributed by atoms with Crippen molar-refractivity contribution in [2.24, 2.45) is 0 Å². The van der Waals surface area contributed by atoms with Crippen LogP contribution >= 0.6 is 0 Å². The third kappa shape index (κ3) is 7.15. The smallest absolute Gasteiger partial charge is 0.328 e. The van der Waals surface area contributed by atoms with Crippen LogP contribution in [-0.4, -0.2) is 79.0 Å². The Kier molecular flexibility index (Phi) is 8.77. The number of oxazole rings is 1. The van der Waals surface area contributed by atoms with Crippen LogP contribution in [0.4, 0.5) is 5.95 Å². The predicted octanol–water partition coefficient (Wildman–Crippen LogP) is 1.96. The summed E-state index contributed by atoms with van der Waals surface area (Å²) in [5, 5.41) is 28.3. The number of anilines is 1. The van der Waals surface area contributed by atoms with Gasteiger partial charge < -0.3 is 34.5 Å². The monoisotopic (exact) mass is 471 g/mol. The molecule has 11 heteroatoms. The third-order valence-corrected chi connectivity index (χ3v) is 5.34. The minimum atomic E-state index is -1.26. The van der Waals surface area contributed by atoms with Gasteiger partial charge in [-0.1, -0.05) is 12.1 Å². The zero-order valence-electron chi connectivity index (χ0n) is 18.9. The Hall–Kier alpha value is -3.70. The maximum atomic E-state index is 9.55. The number of aliphatic hydroxyl groups excluding tert-OH is 1. The quantitative estimate of drug-likeness (QED) is 0.358. The van der Waals surface area contributed by atoms with Crippen LogP contribution in [0.2, 0.25) is 0 Å². The molecule has 3 aromatic rings. The number of benzene rings is 1. The van der Waals surface area contributed by atoms with E-state index in [4.69, 9.17) is 24.7 Å². The largest absolute Gasteiger partial charge is 0.478 e. The minimum absolute atomic E-state index is 0.227. The van der Waals surface area contributed by atoms with Crippen molar-refractivity contribution in [1.29, 1.82) is 0 Å². The Balaban J connectivity index is 0.000000350. The maximum absolute atomic E-state index is 9.55. The summed E-state index contributed by atoms with van der Waals surface area (Å²) in [7, 11) is 0. The number of hydrogen-bond donors (Lipinski definition) is 4. The van der Waals surface area contributed by atoms with Gasteiger partial charge in [-0.05, 0) is 25.0 Å². The van der Waals surface area contributed by atoms with Crippen LogP contribution in [0.15, 0.2) is 47.0 Å². The highest BCUT2D eigenvalue weighted by Crippen LogP contribution is 2.24. The molecule has 182 valence electrons. The number of rotatable bonds is 8. The van der Waals surface area contributed by atoms with Crippen LogP contribution in [0.5, 0.6) is 0 Å². The summed E-state index contributed by atoms with van der Waals surface area (Å²) in [6, 6.07) is 8.54. The summed E-state index contributed by atoms with van der Waals surface area (Å²) in [6.45, 7) is 5.45. The molecule has 4 N–H and O–H groups in total. The Morgan fingerprint density at radius 3 is 2.44 bits per heavy atom. The molecule has 0 bridgehead atoms. The summed E-state index contributed by atoms with van der Waals surface area (Å²) in [5.41, 5.74) is 2.06. The number of carboxylic acids is 2. The van der Waals surface area contributed by atoms with E-state index in [-0.39, 0.29) is 6.61 Å². The molecule has 0 saturated carbocycles. The van der Waals surface area contributed by atoms with E-state index in [1.165, 1.54) is 0 Å². The minimum Gasteiger partial charge on any atom is -0.478 e. The fourth-order valence-corrected chi connectivity index (χ4v) is 3.75. The van der Waals surface area contributed by atoms with Gasteiger partial charge in [-0.25, -0.2) is 19.6 Å². The summed E-state index contributed by atoms with van der Waals surface area (Å²) < 4.78 is 7.84. The third-order valence-electron chi connectivity index (χ3n) is 5.34. The number of carbonyl (C=O) groups is 2. The Morgan fingerprint density at radius 2 is 1.85 bits per heavy atom. The molecule has 34 heavy (non-hydrogen) atoms. The first-order valence-corrected chi connectivity index (χ1v) is 11.0. The summed E-state index contributed by atoms with van der Waals surface area (Å²) >= 11 is 0. The molecule has 1 saturated heterocycles. The van der Waals surface area contributed by atoms with Gasteiger partial charge in [0.2, 0.25) is 5.95 Å². The number of aliphatic carboxylic acids is 2. The van der Waals surface area contributed by atoms with Gasteiger partial charge >= 0.3 is 11.9 Å². The fraction of sp³-hybridized carbons (Fsp3) is 0.391. The second-order valence-corrected chi connectivity index (χ2v) is 7.85. The number of aryl methyl sites for hydroxylation is 1. The molecule has 0 atom stereocenters. The summed E-state index contributed by atoms with van der Waals surface area (Å²) in [4.78, 5) is 30.4. The average Bonchev–Trinajstić information content (AvgIpc) is 3.37. The van der Waals surface area contributed by atoms with E-state index in [1.54, 1.807) is 6.20 Å². The molecule has 1 aliphatic heterocycles. The summed E-state index contributed by atoms with van der Waals surface area (Å²) in [6.07, 6.45) is 4.99. The highest BCUT2D eigenvalue weighted by atomic mass is 16.4. The first-order chi connectivity index (χ1) is 16.4. The number of fused-ring (bicyclic) bond motifs is 1. The topological polar surface area (TPSA) is 154 Å². The Morgan fingerprint density at radius 1 is 1.18 bits per heavy atom. The van der Waals surface area contributed by atoms with E-state index in [0.29, 0.717) is 30.6 Å². The molecule has 4 rings (SSSR count). The lowest BCUT2D eigenvalue weighted by molar-refractivity contribution is -0.134. The highest BCUT2D eigenvalue weighted by molar-refractivity contribution is 5.89. The van der Waals surface area contributed by atoms with Crippen LogP contribution in [0, 0.1) is 6.92 Å². The number of para-hydroxylation sites is 2. The van der Waals surface area contributed by atoms with Gasteiger partial charge in [-0.15, -0.1) is 0 Å². The number of carboxylic acid groups (broad SMARTS) is 2. The van der Waals surface area contributed by atoms with Crippen molar-refractivity contribution >= 4 is 28.9 Å². The number of hydrogen-bond acceptors (Lipinski definition) is 8. The molecule has 1 fully saturated rings. The van der Waals surface area contributed by atoms with Crippen molar-refractivity contribution in [2.45, 2.75) is 32.4 Å². The zero-order chi connectivity index (χ0) is 24.5. The lowest BCUT2D eigenvalue weighted by Gasteiger charge is -2.32. The van der Waals surface area contributed by atoms with E-state index in [9.17, 15) is 9.59 Å². The van der Waals surface area contributed by atoms with Gasteiger partial charge in [-0.3, -0.25) is 0 Å². The molecular formula is C23H29N5O6. The molecule has 0 aliphatic carbocycles. The second kappa shape index (κ2) is 12.0. The van der Waals surface area contributed by atoms with E-state index in [2.05, 4.69) is 25.8 Å². The van der Waals surface area contributed by atoms with Crippen molar-refractivity contribution in [3.05, 3.63) is 54.3 Å². The van der Waals surface area contributed by atoms with Crippen molar-refractivity contribution in [3.63, 3.8) is 0 Å². The van der Waals surface area contributed by atoms with Crippen LogP contribution in [0.3, 0.4) is 0 Å². The summed E-state index contributed by atoms with van der Waals surface area (Å²) in [5.74, 6) is -0.137. The van der Waals surface area contributed by atoms with Crippen LogP contribution in [-0.2, 0) is 16.1 Å². The Bertz CT molecular complexity index is 1110. The molecular weight excluding hydrogens is 442 g/mol. The number of aromatic nitrogens is 3. The Labute approximate surface area is 196 Å². The molecule has 0 spiro atoms. The van der Waals surface area contributed by atoms with Crippen molar-refractivity contribution < 1.29 is 29.3 Å². The number of likely N-dealkylation sites (tertiary alicyclic amines) is 1. The van der Waals surface area contributed by atoms with Crippen molar-refractivity contribution in [3.8, 4) is 0 Å². The maximum Gasteiger partial charge on any atom is 0.328 e. The zero-order valence-corrected chi connectivity index (χ0v) is 18.9. The van der Waals surface area contributed by atoms with E-state index < -0.39 is 11.9 Å². The van der Waals surface area contributed by atoms with Gasteiger partial charge in [-0.2, -0.15) is 0 Å². The van der Waals surface area contributed by atoms with Gasteiger partial charge in [0.15, 0.2) is 5.89 Å². The first-order valence-electron chi connectivity index (χ1n) is 11.0. The first kappa shape index (κ1) is 24.9. The van der Waals surface area contributed by atoms with Crippen molar-refractivity contribution in [2.75, 3.05) is 31.6 Å². The number of piperidine rings is 1. The van der Waals surface area contributed by atoms with E-state index in [0.717, 1.165) is 55.2 Å². The fourth-order valence-electron chi connectivity index (χ4n) is 3.75. The van der Waals surface area contributed by atoms with E-state index >= 15 is 0 Å². The number of nitrogens with zero attached hydrogens (tertiary/aromatic N) is 4. The number of β-amino-alcohol motifs (C(OH)–C–C–N with tert-alkyl or cyclic N) is 1. The molecule has 0 radical (unpaired) electrons. The molecule has 11 nitrogen and oxygen atoms in total. The molecule has 1 aliphatic rings. The van der Waals surface area contributed by atoms with Crippen molar-refractivity contribution in [1.82, 2.24) is 19.4 Å².